The van der Waals surface area contributed by atoms with Crippen LogP contribution in [0, 0.1) is 13.8 Å². The first-order valence-corrected chi connectivity index (χ1v) is 12.4. The third-order valence-electron chi connectivity index (χ3n) is 6.40. The van der Waals surface area contributed by atoms with Gasteiger partial charge in [0.1, 0.15) is 22.9 Å². The van der Waals surface area contributed by atoms with Gasteiger partial charge in [-0.15, -0.1) is 10.2 Å². The SMILES string of the molecule is COc1cc(CCc2ccc(C)cc2)ccc1N=Nc1ccc(CCc2ccc(C)cc2)cc1OC. The number of aryl methyl sites for hydroxylation is 6. The Hall–Kier alpha value is -3.92. The molecule has 0 heterocycles. The molecule has 0 amide bonds. The van der Waals surface area contributed by atoms with E-state index in [9.17, 15) is 0 Å². The third-order valence-corrected chi connectivity index (χ3v) is 6.40. The molecule has 0 N–H and O–H groups in total. The van der Waals surface area contributed by atoms with Gasteiger partial charge in [-0.3, -0.25) is 0 Å². The smallest absolute Gasteiger partial charge is 0.146 e. The Kier molecular flexibility index (Phi) is 8.51. The summed E-state index contributed by atoms with van der Waals surface area (Å²) in [5.74, 6) is 1.43. The summed E-state index contributed by atoms with van der Waals surface area (Å²) in [4.78, 5) is 0. The molecule has 4 aromatic carbocycles. The lowest BCUT2D eigenvalue weighted by atomic mass is 10.0. The fourth-order valence-corrected chi connectivity index (χ4v) is 4.11. The molecule has 0 fully saturated rings. The molecule has 0 saturated carbocycles. The van der Waals surface area contributed by atoms with Gasteiger partial charge < -0.3 is 9.47 Å². The molecule has 0 saturated heterocycles. The lowest BCUT2D eigenvalue weighted by molar-refractivity contribution is 0.413. The molecule has 0 spiro atoms. The number of benzene rings is 4. The number of hydrogen-bond acceptors (Lipinski definition) is 4. The van der Waals surface area contributed by atoms with E-state index < -0.39 is 0 Å². The largest absolute Gasteiger partial charge is 0.494 e. The van der Waals surface area contributed by atoms with Crippen LogP contribution in [0.2, 0.25) is 0 Å². The van der Waals surface area contributed by atoms with E-state index in [-0.39, 0.29) is 0 Å². The molecule has 0 atom stereocenters. The van der Waals surface area contributed by atoms with Gasteiger partial charge in [0, 0.05) is 0 Å². The molecule has 0 aliphatic heterocycles. The van der Waals surface area contributed by atoms with Crippen LogP contribution in [0.25, 0.3) is 0 Å². The van der Waals surface area contributed by atoms with Crippen molar-refractivity contribution in [1.82, 2.24) is 0 Å². The minimum absolute atomic E-state index is 0.696. The minimum Gasteiger partial charge on any atom is -0.494 e. The van der Waals surface area contributed by atoms with E-state index in [4.69, 9.17) is 9.47 Å². The van der Waals surface area contributed by atoms with Crippen LogP contribution in [0.3, 0.4) is 0 Å². The van der Waals surface area contributed by atoms with Crippen LogP contribution in [0.15, 0.2) is 95.2 Å². The standard InChI is InChI=1S/C32H34N2O2/c1-23-5-9-25(10-6-23)13-15-27-17-19-29(31(21-27)35-3)33-34-30-20-18-28(22-32(30)36-4)16-14-26-11-7-24(2)8-12-26/h5-12,17-22H,13-16H2,1-4H3. The Bertz CT molecular complexity index is 1210. The molecule has 0 bridgehead atoms. The highest BCUT2D eigenvalue weighted by Gasteiger charge is 2.08. The van der Waals surface area contributed by atoms with Gasteiger partial charge in [-0.1, -0.05) is 71.8 Å². The van der Waals surface area contributed by atoms with E-state index in [2.05, 4.69) is 84.7 Å². The van der Waals surface area contributed by atoms with E-state index in [1.807, 2.05) is 24.3 Å². The van der Waals surface area contributed by atoms with Crippen molar-refractivity contribution in [1.29, 1.82) is 0 Å². The minimum atomic E-state index is 0.696. The zero-order chi connectivity index (χ0) is 25.3. The maximum atomic E-state index is 5.61. The van der Waals surface area contributed by atoms with E-state index in [1.165, 1.54) is 33.4 Å². The van der Waals surface area contributed by atoms with Crippen molar-refractivity contribution < 1.29 is 9.47 Å². The Balaban J connectivity index is 1.42. The van der Waals surface area contributed by atoms with Crippen molar-refractivity contribution in [2.45, 2.75) is 39.5 Å². The summed E-state index contributed by atoms with van der Waals surface area (Å²) in [5, 5.41) is 8.95. The molecule has 0 aliphatic carbocycles. The number of hydrogen-bond donors (Lipinski definition) is 0. The summed E-state index contributed by atoms with van der Waals surface area (Å²) in [6.07, 6.45) is 3.85. The van der Waals surface area contributed by atoms with Crippen LogP contribution < -0.4 is 9.47 Å². The van der Waals surface area contributed by atoms with E-state index in [0.29, 0.717) is 22.9 Å². The molecule has 0 unspecified atom stereocenters. The Morgan fingerprint density at radius 3 is 1.17 bits per heavy atom. The Labute approximate surface area is 214 Å². The highest BCUT2D eigenvalue weighted by Crippen LogP contribution is 2.34. The lowest BCUT2D eigenvalue weighted by Crippen LogP contribution is -1.93. The molecule has 0 radical (unpaired) electrons. The van der Waals surface area contributed by atoms with Crippen molar-refractivity contribution in [3.8, 4) is 11.5 Å². The van der Waals surface area contributed by atoms with Crippen LogP contribution >= 0.6 is 0 Å². The molecule has 0 aliphatic rings. The fourth-order valence-electron chi connectivity index (χ4n) is 4.11. The lowest BCUT2D eigenvalue weighted by Gasteiger charge is -2.09. The fraction of sp³-hybridized carbons (Fsp3) is 0.250. The van der Waals surface area contributed by atoms with Crippen molar-refractivity contribution in [3.63, 3.8) is 0 Å². The maximum absolute atomic E-state index is 5.61. The summed E-state index contributed by atoms with van der Waals surface area (Å²) < 4.78 is 11.2. The average molecular weight is 479 g/mol. The summed E-state index contributed by atoms with van der Waals surface area (Å²) in [6.45, 7) is 4.22. The van der Waals surface area contributed by atoms with Crippen LogP contribution in [-0.4, -0.2) is 14.2 Å². The quantitative estimate of drug-likeness (QED) is 0.215. The predicted molar refractivity (Wildman–Crippen MR) is 147 cm³/mol. The van der Waals surface area contributed by atoms with E-state index >= 15 is 0 Å². The molecule has 184 valence electrons. The summed E-state index contributed by atoms with van der Waals surface area (Å²) in [7, 11) is 3.34. The molecular weight excluding hydrogens is 444 g/mol. The molecule has 0 aromatic heterocycles. The van der Waals surface area contributed by atoms with Gasteiger partial charge >= 0.3 is 0 Å². The predicted octanol–water partition coefficient (Wildman–Crippen LogP) is 8.31. The topological polar surface area (TPSA) is 43.2 Å². The molecular formula is C32H34N2O2. The molecule has 4 rings (SSSR count). The van der Waals surface area contributed by atoms with Crippen LogP contribution in [0.4, 0.5) is 11.4 Å². The first kappa shape index (κ1) is 25.2. The highest BCUT2D eigenvalue weighted by atomic mass is 16.5. The number of nitrogens with zero attached hydrogens (tertiary/aromatic N) is 2. The summed E-state index contributed by atoms with van der Waals surface area (Å²) >= 11 is 0. The second kappa shape index (κ2) is 12.2. The van der Waals surface area contributed by atoms with Crippen LogP contribution in [0.5, 0.6) is 11.5 Å². The third kappa shape index (κ3) is 6.82. The van der Waals surface area contributed by atoms with Gasteiger partial charge in [0.15, 0.2) is 0 Å². The normalized spacial score (nSPS) is 11.1. The Morgan fingerprint density at radius 2 is 0.806 bits per heavy atom. The van der Waals surface area contributed by atoms with Crippen molar-refractivity contribution in [2.75, 3.05) is 14.2 Å². The van der Waals surface area contributed by atoms with Crippen LogP contribution in [0.1, 0.15) is 33.4 Å². The second-order valence-electron chi connectivity index (χ2n) is 9.18. The number of methoxy groups -OCH3 is 2. The number of azo groups is 1. The van der Waals surface area contributed by atoms with Gasteiger partial charge in [-0.05, 0) is 86.1 Å². The molecule has 4 nitrogen and oxygen atoms in total. The van der Waals surface area contributed by atoms with Gasteiger partial charge in [0.25, 0.3) is 0 Å². The maximum Gasteiger partial charge on any atom is 0.146 e. The molecule has 4 aromatic rings. The average Bonchev–Trinajstić information content (AvgIpc) is 2.91. The van der Waals surface area contributed by atoms with Gasteiger partial charge in [0.2, 0.25) is 0 Å². The molecule has 4 heteroatoms. The van der Waals surface area contributed by atoms with Gasteiger partial charge in [-0.2, -0.15) is 0 Å². The van der Waals surface area contributed by atoms with Crippen LogP contribution in [-0.2, 0) is 25.7 Å². The zero-order valence-electron chi connectivity index (χ0n) is 21.6. The summed E-state index contributed by atoms with van der Waals surface area (Å²) in [6, 6.07) is 29.6. The van der Waals surface area contributed by atoms with Gasteiger partial charge in [0.05, 0.1) is 14.2 Å². The monoisotopic (exact) mass is 478 g/mol. The van der Waals surface area contributed by atoms with Crippen molar-refractivity contribution >= 4 is 11.4 Å². The first-order valence-electron chi connectivity index (χ1n) is 12.4. The zero-order valence-corrected chi connectivity index (χ0v) is 21.6. The number of rotatable bonds is 10. The second-order valence-corrected chi connectivity index (χ2v) is 9.18. The van der Waals surface area contributed by atoms with Crippen molar-refractivity contribution in [3.05, 3.63) is 118 Å². The van der Waals surface area contributed by atoms with E-state index in [0.717, 1.165) is 25.7 Å². The van der Waals surface area contributed by atoms with Gasteiger partial charge in [-0.25, -0.2) is 0 Å². The first-order chi connectivity index (χ1) is 17.5. The van der Waals surface area contributed by atoms with Crippen molar-refractivity contribution in [2.24, 2.45) is 10.2 Å². The number of ether oxygens (including phenoxy) is 2. The Morgan fingerprint density at radius 1 is 0.472 bits per heavy atom. The summed E-state index contributed by atoms with van der Waals surface area (Å²) in [5.41, 5.74) is 9.04. The highest BCUT2D eigenvalue weighted by molar-refractivity contribution is 5.56. The molecule has 36 heavy (non-hydrogen) atoms. The van der Waals surface area contributed by atoms with E-state index in [1.54, 1.807) is 14.2 Å².